The molecule has 1 amide bonds. The van der Waals surface area contributed by atoms with Crippen LogP contribution < -0.4 is 15.4 Å². The first-order valence-electron chi connectivity index (χ1n) is 7.88. The lowest BCUT2D eigenvalue weighted by atomic mass is 10.2. The standard InChI is InChI=1S/C18H24N4O2/c1-22(2)12-4-10-20-18(23)14-9-11-19-17(13-14)21-15-5-7-16(24-3)8-6-15/h5-9,11,13H,4,10,12H2,1-3H3,(H,19,21)(H,20,23). The van der Waals surface area contributed by atoms with E-state index in [1.54, 1.807) is 25.4 Å². The molecular weight excluding hydrogens is 304 g/mol. The molecule has 128 valence electrons. The van der Waals surface area contributed by atoms with Crippen LogP contribution in [0.1, 0.15) is 16.8 Å². The van der Waals surface area contributed by atoms with E-state index in [1.807, 2.05) is 38.4 Å². The number of aromatic nitrogens is 1. The Morgan fingerprint density at radius 2 is 1.96 bits per heavy atom. The number of nitrogens with zero attached hydrogens (tertiary/aromatic N) is 2. The van der Waals surface area contributed by atoms with E-state index in [0.29, 0.717) is 17.9 Å². The van der Waals surface area contributed by atoms with Crippen LogP contribution in [0.5, 0.6) is 5.75 Å². The van der Waals surface area contributed by atoms with E-state index in [0.717, 1.165) is 24.4 Å². The van der Waals surface area contributed by atoms with Gasteiger partial charge in [0, 0.05) is 24.0 Å². The van der Waals surface area contributed by atoms with Crippen molar-refractivity contribution in [3.63, 3.8) is 0 Å². The number of hydrogen-bond donors (Lipinski definition) is 2. The van der Waals surface area contributed by atoms with E-state index in [9.17, 15) is 4.79 Å². The molecule has 0 spiro atoms. The minimum absolute atomic E-state index is 0.0889. The number of benzene rings is 1. The van der Waals surface area contributed by atoms with E-state index in [-0.39, 0.29) is 5.91 Å². The molecule has 0 atom stereocenters. The molecule has 0 radical (unpaired) electrons. The van der Waals surface area contributed by atoms with Crippen molar-refractivity contribution in [2.45, 2.75) is 6.42 Å². The fourth-order valence-electron chi connectivity index (χ4n) is 2.16. The van der Waals surface area contributed by atoms with Crippen molar-refractivity contribution < 1.29 is 9.53 Å². The summed E-state index contributed by atoms with van der Waals surface area (Å²) >= 11 is 0. The van der Waals surface area contributed by atoms with Crippen LogP contribution in [-0.2, 0) is 0 Å². The average Bonchev–Trinajstić information content (AvgIpc) is 2.59. The lowest BCUT2D eigenvalue weighted by molar-refractivity contribution is 0.0952. The molecular formula is C18H24N4O2. The smallest absolute Gasteiger partial charge is 0.251 e. The first kappa shape index (κ1) is 17.7. The zero-order valence-corrected chi connectivity index (χ0v) is 14.4. The summed E-state index contributed by atoms with van der Waals surface area (Å²) in [6.45, 7) is 1.60. The van der Waals surface area contributed by atoms with Gasteiger partial charge in [-0.3, -0.25) is 4.79 Å². The molecule has 0 fully saturated rings. The maximum absolute atomic E-state index is 12.2. The average molecular weight is 328 g/mol. The van der Waals surface area contributed by atoms with Crippen LogP contribution >= 0.6 is 0 Å². The molecule has 0 saturated carbocycles. The summed E-state index contributed by atoms with van der Waals surface area (Å²) in [4.78, 5) is 18.5. The van der Waals surface area contributed by atoms with Gasteiger partial charge in [-0.05, 0) is 63.5 Å². The molecule has 24 heavy (non-hydrogen) atoms. The zero-order chi connectivity index (χ0) is 17.4. The van der Waals surface area contributed by atoms with Gasteiger partial charge in [-0.25, -0.2) is 4.98 Å². The largest absolute Gasteiger partial charge is 0.497 e. The molecule has 0 bridgehead atoms. The minimum Gasteiger partial charge on any atom is -0.497 e. The van der Waals surface area contributed by atoms with Gasteiger partial charge < -0.3 is 20.3 Å². The second-order valence-electron chi connectivity index (χ2n) is 5.70. The molecule has 1 heterocycles. The summed E-state index contributed by atoms with van der Waals surface area (Å²) in [6, 6.07) is 11.0. The normalized spacial score (nSPS) is 10.5. The van der Waals surface area contributed by atoms with Crippen molar-refractivity contribution in [3.05, 3.63) is 48.2 Å². The summed E-state index contributed by atoms with van der Waals surface area (Å²) in [5.74, 6) is 1.33. The molecule has 6 heteroatoms. The summed E-state index contributed by atoms with van der Waals surface area (Å²) in [7, 11) is 5.66. The SMILES string of the molecule is COc1ccc(Nc2cc(C(=O)NCCCN(C)C)ccn2)cc1. The van der Waals surface area contributed by atoms with Gasteiger partial charge in [0.25, 0.3) is 5.91 Å². The number of methoxy groups -OCH3 is 1. The van der Waals surface area contributed by atoms with Crippen LogP contribution in [0.25, 0.3) is 0 Å². The topological polar surface area (TPSA) is 66.5 Å². The predicted molar refractivity (Wildman–Crippen MR) is 96.0 cm³/mol. The van der Waals surface area contributed by atoms with Gasteiger partial charge in [0.15, 0.2) is 0 Å². The van der Waals surface area contributed by atoms with Crippen LogP contribution in [0.2, 0.25) is 0 Å². The molecule has 2 N–H and O–H groups in total. The molecule has 1 aromatic carbocycles. The monoisotopic (exact) mass is 328 g/mol. The molecule has 0 unspecified atom stereocenters. The number of amides is 1. The van der Waals surface area contributed by atoms with Crippen molar-refractivity contribution in [2.24, 2.45) is 0 Å². The highest BCUT2D eigenvalue weighted by atomic mass is 16.5. The van der Waals surface area contributed by atoms with Gasteiger partial charge in [0.05, 0.1) is 7.11 Å². The lowest BCUT2D eigenvalue weighted by Crippen LogP contribution is -2.27. The third-order valence-corrected chi connectivity index (χ3v) is 3.45. The van der Waals surface area contributed by atoms with Gasteiger partial charge in [0.1, 0.15) is 11.6 Å². The van der Waals surface area contributed by atoms with Crippen LogP contribution in [0.3, 0.4) is 0 Å². The summed E-state index contributed by atoms with van der Waals surface area (Å²) < 4.78 is 5.13. The van der Waals surface area contributed by atoms with Crippen LogP contribution in [0, 0.1) is 0 Å². The van der Waals surface area contributed by atoms with Gasteiger partial charge >= 0.3 is 0 Å². The molecule has 2 aromatic rings. The van der Waals surface area contributed by atoms with E-state index >= 15 is 0 Å². The maximum atomic E-state index is 12.2. The van der Waals surface area contributed by atoms with Gasteiger partial charge in [-0.15, -0.1) is 0 Å². The number of ether oxygens (including phenoxy) is 1. The Kier molecular flexibility index (Phi) is 6.57. The highest BCUT2D eigenvalue weighted by Gasteiger charge is 2.07. The third kappa shape index (κ3) is 5.55. The molecule has 0 saturated heterocycles. The molecule has 1 aromatic heterocycles. The Morgan fingerprint density at radius 1 is 1.21 bits per heavy atom. The molecule has 0 aliphatic rings. The van der Waals surface area contributed by atoms with Crippen LogP contribution in [0.4, 0.5) is 11.5 Å². The van der Waals surface area contributed by atoms with Gasteiger partial charge in [-0.1, -0.05) is 0 Å². The van der Waals surface area contributed by atoms with Crippen molar-refractivity contribution in [1.29, 1.82) is 0 Å². The molecule has 2 rings (SSSR count). The van der Waals surface area contributed by atoms with Crippen LogP contribution in [-0.4, -0.2) is 50.1 Å². The van der Waals surface area contributed by atoms with Crippen molar-refractivity contribution >= 4 is 17.4 Å². The van der Waals surface area contributed by atoms with E-state index in [4.69, 9.17) is 4.74 Å². The number of pyridine rings is 1. The van der Waals surface area contributed by atoms with Crippen molar-refractivity contribution in [3.8, 4) is 5.75 Å². The first-order chi connectivity index (χ1) is 11.6. The number of carbonyl (C=O) groups is 1. The lowest BCUT2D eigenvalue weighted by Gasteiger charge is -2.11. The fraction of sp³-hybridized carbons (Fsp3) is 0.333. The highest BCUT2D eigenvalue weighted by molar-refractivity contribution is 5.94. The van der Waals surface area contributed by atoms with E-state index in [1.165, 1.54) is 0 Å². The maximum Gasteiger partial charge on any atom is 0.251 e. The van der Waals surface area contributed by atoms with Gasteiger partial charge in [-0.2, -0.15) is 0 Å². The number of hydrogen-bond acceptors (Lipinski definition) is 5. The van der Waals surface area contributed by atoms with E-state index < -0.39 is 0 Å². The number of rotatable bonds is 8. The van der Waals surface area contributed by atoms with Crippen molar-refractivity contribution in [1.82, 2.24) is 15.2 Å². The third-order valence-electron chi connectivity index (χ3n) is 3.45. The Bertz CT molecular complexity index is 656. The Balaban J connectivity index is 1.93. The fourth-order valence-corrected chi connectivity index (χ4v) is 2.16. The summed E-state index contributed by atoms with van der Waals surface area (Å²) in [6.07, 6.45) is 2.54. The molecule has 0 aliphatic carbocycles. The Labute approximate surface area is 142 Å². The number of anilines is 2. The van der Waals surface area contributed by atoms with E-state index in [2.05, 4.69) is 20.5 Å². The van der Waals surface area contributed by atoms with Crippen LogP contribution in [0.15, 0.2) is 42.6 Å². The summed E-state index contributed by atoms with van der Waals surface area (Å²) in [5, 5.41) is 6.10. The Hall–Kier alpha value is -2.60. The second kappa shape index (κ2) is 8.88. The summed E-state index contributed by atoms with van der Waals surface area (Å²) in [5.41, 5.74) is 1.47. The minimum atomic E-state index is -0.0889. The molecule has 6 nitrogen and oxygen atoms in total. The second-order valence-corrected chi connectivity index (χ2v) is 5.70. The molecule has 0 aliphatic heterocycles. The van der Waals surface area contributed by atoms with Crippen molar-refractivity contribution in [2.75, 3.05) is 39.6 Å². The highest BCUT2D eigenvalue weighted by Crippen LogP contribution is 2.19. The quantitative estimate of drug-likeness (QED) is 0.729. The predicted octanol–water partition coefficient (Wildman–Crippen LogP) is 2.52. The first-order valence-corrected chi connectivity index (χ1v) is 7.88. The zero-order valence-electron chi connectivity index (χ0n) is 14.4. The Morgan fingerprint density at radius 3 is 2.62 bits per heavy atom. The number of nitrogens with one attached hydrogen (secondary N) is 2. The van der Waals surface area contributed by atoms with Gasteiger partial charge in [0.2, 0.25) is 0 Å². The number of carbonyl (C=O) groups excluding carboxylic acids is 1.